The van der Waals surface area contributed by atoms with E-state index in [0.29, 0.717) is 23.6 Å². The van der Waals surface area contributed by atoms with Gasteiger partial charge in [-0.05, 0) is 48.6 Å². The third kappa shape index (κ3) is 9.52. The summed E-state index contributed by atoms with van der Waals surface area (Å²) in [4.78, 5) is 53.1. The van der Waals surface area contributed by atoms with Gasteiger partial charge in [0.15, 0.2) is 18.3 Å². The lowest BCUT2D eigenvalue weighted by Crippen LogP contribution is -2.59. The first-order valence-electron chi connectivity index (χ1n) is 13.7. The van der Waals surface area contributed by atoms with Gasteiger partial charge in [0.1, 0.15) is 25.4 Å². The molecule has 0 aromatic heterocycles. The van der Waals surface area contributed by atoms with E-state index in [1.807, 2.05) is 38.1 Å². The fraction of sp³-hybridized carbons (Fsp3) is 0.452. The number of benzene rings is 2. The van der Waals surface area contributed by atoms with E-state index in [4.69, 9.17) is 40.1 Å². The molecule has 232 valence electrons. The zero-order valence-electron chi connectivity index (χ0n) is 25.0. The van der Waals surface area contributed by atoms with Crippen LogP contribution in [-0.4, -0.2) is 67.2 Å². The van der Waals surface area contributed by atoms with Crippen molar-refractivity contribution in [3.63, 3.8) is 0 Å². The molecule has 0 saturated carbocycles. The number of esters is 4. The standard InChI is InChI=1S/C31H36ClNO10/c1-7-39-33-17(2)23-10-8-22(9-11-23)14-25-15-24(12-13-26(25)32)28-30(41-20(5)36)31(42-21(6)37)29(40-19(4)35)27(43-28)16-38-18(3)34/h8-13,15,27-31H,7,14,16H2,1-6H3/b33-17-/t27-,28+,29-,30+,31+/m1/s1. The Morgan fingerprint density at radius 3 is 2.00 bits per heavy atom. The second kappa shape index (κ2) is 15.5. The molecule has 11 nitrogen and oxygen atoms in total. The predicted molar refractivity (Wildman–Crippen MR) is 155 cm³/mol. The molecule has 43 heavy (non-hydrogen) atoms. The van der Waals surface area contributed by atoms with E-state index in [-0.39, 0.29) is 6.61 Å². The number of nitrogens with zero attached hydrogens (tertiary/aromatic N) is 1. The molecule has 1 fully saturated rings. The second-order valence-electron chi connectivity index (χ2n) is 9.94. The molecule has 3 rings (SSSR count). The maximum atomic E-state index is 12.2. The summed E-state index contributed by atoms with van der Waals surface area (Å²) in [5, 5.41) is 4.56. The molecule has 1 aliphatic heterocycles. The topological polar surface area (TPSA) is 136 Å². The number of rotatable bonds is 11. The van der Waals surface area contributed by atoms with E-state index in [9.17, 15) is 19.2 Å². The van der Waals surface area contributed by atoms with Gasteiger partial charge in [0, 0.05) is 32.7 Å². The van der Waals surface area contributed by atoms with E-state index in [2.05, 4.69) is 5.16 Å². The molecule has 0 aliphatic carbocycles. The summed E-state index contributed by atoms with van der Waals surface area (Å²) in [6, 6.07) is 13.0. The molecular formula is C31H36ClNO10. The van der Waals surface area contributed by atoms with Crippen molar-refractivity contribution in [2.75, 3.05) is 13.2 Å². The molecule has 5 atom stereocenters. The first-order valence-corrected chi connectivity index (χ1v) is 14.1. The van der Waals surface area contributed by atoms with Crippen molar-refractivity contribution < 1.29 is 47.7 Å². The summed E-state index contributed by atoms with van der Waals surface area (Å²) in [5.74, 6) is -2.66. The molecule has 0 unspecified atom stereocenters. The minimum Gasteiger partial charge on any atom is -0.463 e. The summed E-state index contributed by atoms with van der Waals surface area (Å²) in [6.07, 6.45) is -5.31. The Hall–Kier alpha value is -3.96. The highest BCUT2D eigenvalue weighted by atomic mass is 35.5. The molecule has 0 N–H and O–H groups in total. The van der Waals surface area contributed by atoms with Gasteiger partial charge in [-0.25, -0.2) is 0 Å². The van der Waals surface area contributed by atoms with Gasteiger partial charge in [0.25, 0.3) is 0 Å². The van der Waals surface area contributed by atoms with Gasteiger partial charge < -0.3 is 28.5 Å². The van der Waals surface area contributed by atoms with Gasteiger partial charge in [0.05, 0.1) is 5.71 Å². The second-order valence-corrected chi connectivity index (χ2v) is 10.3. The molecule has 1 saturated heterocycles. The van der Waals surface area contributed by atoms with Crippen molar-refractivity contribution in [3.8, 4) is 0 Å². The number of halogens is 1. The van der Waals surface area contributed by atoms with Crippen LogP contribution < -0.4 is 0 Å². The normalized spacial score (nSPS) is 21.8. The van der Waals surface area contributed by atoms with Crippen LogP contribution in [0.4, 0.5) is 0 Å². The van der Waals surface area contributed by atoms with Crippen LogP contribution in [0.15, 0.2) is 47.6 Å². The van der Waals surface area contributed by atoms with Gasteiger partial charge >= 0.3 is 23.9 Å². The zero-order chi connectivity index (χ0) is 31.7. The Kier molecular flexibility index (Phi) is 12.1. The Balaban J connectivity index is 2.01. The van der Waals surface area contributed by atoms with Crippen LogP contribution in [0.3, 0.4) is 0 Å². The van der Waals surface area contributed by atoms with Crippen LogP contribution in [0.25, 0.3) is 0 Å². The quantitative estimate of drug-likeness (QED) is 0.153. The molecular weight excluding hydrogens is 582 g/mol. The predicted octanol–water partition coefficient (Wildman–Crippen LogP) is 4.49. The zero-order valence-corrected chi connectivity index (χ0v) is 25.7. The molecule has 0 amide bonds. The monoisotopic (exact) mass is 617 g/mol. The highest BCUT2D eigenvalue weighted by molar-refractivity contribution is 6.31. The Labute approximate surface area is 255 Å². The molecule has 0 spiro atoms. The van der Waals surface area contributed by atoms with E-state index < -0.39 is 54.4 Å². The van der Waals surface area contributed by atoms with Crippen molar-refractivity contribution in [1.82, 2.24) is 0 Å². The van der Waals surface area contributed by atoms with Crippen molar-refractivity contribution >= 4 is 41.2 Å². The van der Waals surface area contributed by atoms with Gasteiger partial charge in [-0.1, -0.05) is 53.2 Å². The lowest BCUT2D eigenvalue weighted by atomic mass is 9.89. The van der Waals surface area contributed by atoms with Crippen LogP contribution in [0.1, 0.15) is 69.9 Å². The molecule has 2 aromatic carbocycles. The van der Waals surface area contributed by atoms with Gasteiger partial charge in [-0.3, -0.25) is 19.2 Å². The summed E-state index contributed by atoms with van der Waals surface area (Å²) < 4.78 is 28.1. The third-order valence-corrected chi connectivity index (χ3v) is 6.85. The SMILES string of the molecule is CCO/N=C(/C)c1ccc(Cc2cc([C@@H]3O[C@H](COC(C)=O)[C@@H](OC(C)=O)[C@H](OC(C)=O)[C@H]3OC(C)=O)ccc2Cl)cc1. The number of ether oxygens (including phenoxy) is 5. The lowest BCUT2D eigenvalue weighted by molar-refractivity contribution is -0.254. The smallest absolute Gasteiger partial charge is 0.303 e. The maximum absolute atomic E-state index is 12.2. The average molecular weight is 618 g/mol. The largest absolute Gasteiger partial charge is 0.463 e. The maximum Gasteiger partial charge on any atom is 0.303 e. The number of hydrogen-bond donors (Lipinski definition) is 0. The van der Waals surface area contributed by atoms with Crippen LogP contribution in [-0.2, 0) is 54.1 Å². The number of hydrogen-bond acceptors (Lipinski definition) is 11. The Morgan fingerprint density at radius 2 is 1.42 bits per heavy atom. The first-order chi connectivity index (χ1) is 20.4. The van der Waals surface area contributed by atoms with Crippen LogP contribution >= 0.6 is 11.6 Å². The highest BCUT2D eigenvalue weighted by Crippen LogP contribution is 2.39. The Morgan fingerprint density at radius 1 is 0.814 bits per heavy atom. The molecule has 1 heterocycles. The number of carbonyl (C=O) groups is 4. The first kappa shape index (κ1) is 33.5. The summed E-state index contributed by atoms with van der Waals surface area (Å²) in [6.45, 7) is 8.65. The van der Waals surface area contributed by atoms with Crippen LogP contribution in [0.5, 0.6) is 0 Å². The lowest BCUT2D eigenvalue weighted by Gasteiger charge is -2.44. The molecule has 2 aromatic rings. The fourth-order valence-corrected chi connectivity index (χ4v) is 4.89. The fourth-order valence-electron chi connectivity index (χ4n) is 4.70. The van der Waals surface area contributed by atoms with Crippen molar-refractivity contribution in [1.29, 1.82) is 0 Å². The molecule has 1 aliphatic rings. The minimum atomic E-state index is -1.27. The van der Waals surface area contributed by atoms with Gasteiger partial charge in [0.2, 0.25) is 0 Å². The Bertz CT molecular complexity index is 1340. The summed E-state index contributed by atoms with van der Waals surface area (Å²) >= 11 is 6.59. The van der Waals surface area contributed by atoms with Crippen molar-refractivity contribution in [2.45, 2.75) is 78.5 Å². The van der Waals surface area contributed by atoms with E-state index in [0.717, 1.165) is 22.4 Å². The number of oxime groups is 1. The van der Waals surface area contributed by atoms with Gasteiger partial charge in [-0.2, -0.15) is 0 Å². The van der Waals surface area contributed by atoms with Crippen molar-refractivity contribution in [2.24, 2.45) is 5.16 Å². The average Bonchev–Trinajstić information content (AvgIpc) is 2.93. The summed E-state index contributed by atoms with van der Waals surface area (Å²) in [7, 11) is 0. The molecule has 0 radical (unpaired) electrons. The van der Waals surface area contributed by atoms with E-state index in [1.54, 1.807) is 18.2 Å². The van der Waals surface area contributed by atoms with Gasteiger partial charge in [-0.15, -0.1) is 0 Å². The minimum absolute atomic E-state index is 0.312. The summed E-state index contributed by atoms with van der Waals surface area (Å²) in [5.41, 5.74) is 3.92. The van der Waals surface area contributed by atoms with Crippen molar-refractivity contribution in [3.05, 3.63) is 69.7 Å². The molecule has 0 bridgehead atoms. The van der Waals surface area contributed by atoms with E-state index >= 15 is 0 Å². The highest BCUT2D eigenvalue weighted by Gasteiger charge is 2.52. The van der Waals surface area contributed by atoms with Crippen LogP contribution in [0, 0.1) is 0 Å². The number of carbonyl (C=O) groups excluding carboxylic acids is 4. The van der Waals surface area contributed by atoms with Crippen LogP contribution in [0.2, 0.25) is 5.02 Å². The van der Waals surface area contributed by atoms with E-state index in [1.165, 1.54) is 27.7 Å². The third-order valence-electron chi connectivity index (χ3n) is 6.49. The molecule has 12 heteroatoms.